The molecule has 1 atom stereocenters. The molecule has 0 spiro atoms. The van der Waals surface area contributed by atoms with Gasteiger partial charge < -0.3 is 5.73 Å². The topological polar surface area (TPSA) is 53.1 Å². The monoisotopic (exact) mass is 179 g/mol. The van der Waals surface area contributed by atoms with Crippen molar-refractivity contribution in [1.82, 2.24) is 4.90 Å². The third-order valence-corrected chi connectivity index (χ3v) is 2.85. The fourth-order valence-corrected chi connectivity index (χ4v) is 1.74. The van der Waals surface area contributed by atoms with Gasteiger partial charge in [-0.1, -0.05) is 0 Å². The van der Waals surface area contributed by atoms with Crippen molar-refractivity contribution >= 4 is 0 Å². The number of nitriles is 1. The Morgan fingerprint density at radius 3 is 2.54 bits per heavy atom. The molecule has 0 bridgehead atoms. The Morgan fingerprint density at radius 1 is 1.38 bits per heavy atom. The molecule has 1 unspecified atom stereocenters. The second kappa shape index (κ2) is 3.65. The number of nitrogens with zero attached hydrogens (tertiary/aromatic N) is 2. The second-order valence-electron chi connectivity index (χ2n) is 4.36. The minimum Gasteiger partial charge on any atom is -0.315 e. The summed E-state index contributed by atoms with van der Waals surface area (Å²) in [5, 5.41) is 8.63. The highest BCUT2D eigenvalue weighted by molar-refractivity contribution is 4.95. The number of hydrogen-bond acceptors (Lipinski definition) is 3. The fraction of sp³-hybridized carbons (Fsp3) is 0.900. The molecule has 2 aliphatic carbocycles. The molecule has 0 aromatic heterocycles. The van der Waals surface area contributed by atoms with Gasteiger partial charge in [-0.2, -0.15) is 5.26 Å². The van der Waals surface area contributed by atoms with E-state index in [2.05, 4.69) is 11.0 Å². The van der Waals surface area contributed by atoms with Crippen molar-refractivity contribution in [1.29, 1.82) is 5.26 Å². The van der Waals surface area contributed by atoms with Gasteiger partial charge in [-0.05, 0) is 31.6 Å². The molecule has 0 aromatic carbocycles. The molecule has 0 saturated heterocycles. The minimum absolute atomic E-state index is 0.292. The summed E-state index contributed by atoms with van der Waals surface area (Å²) in [6.07, 6.45) is 5.38. The van der Waals surface area contributed by atoms with Crippen LogP contribution in [0.5, 0.6) is 0 Å². The molecule has 0 amide bonds. The summed E-state index contributed by atoms with van der Waals surface area (Å²) in [7, 11) is 0. The molecule has 0 heterocycles. The molecule has 2 saturated carbocycles. The summed E-state index contributed by atoms with van der Waals surface area (Å²) >= 11 is 0. The van der Waals surface area contributed by atoms with Crippen LogP contribution < -0.4 is 5.73 Å². The lowest BCUT2D eigenvalue weighted by atomic mass is 10.3. The van der Waals surface area contributed by atoms with E-state index in [4.69, 9.17) is 11.0 Å². The zero-order chi connectivity index (χ0) is 9.26. The summed E-state index contributed by atoms with van der Waals surface area (Å²) in [6, 6.07) is 2.57. The molecule has 0 aromatic rings. The Kier molecular flexibility index (Phi) is 2.52. The van der Waals surface area contributed by atoms with Gasteiger partial charge in [0.15, 0.2) is 0 Å². The van der Waals surface area contributed by atoms with Crippen LogP contribution in [0.3, 0.4) is 0 Å². The van der Waals surface area contributed by atoms with Crippen molar-refractivity contribution in [2.75, 3.05) is 13.1 Å². The largest absolute Gasteiger partial charge is 0.315 e. The van der Waals surface area contributed by atoms with Crippen molar-refractivity contribution in [2.24, 2.45) is 11.7 Å². The lowest BCUT2D eigenvalue weighted by molar-refractivity contribution is 0.248. The molecule has 3 nitrogen and oxygen atoms in total. The van der Waals surface area contributed by atoms with Crippen molar-refractivity contribution in [3.63, 3.8) is 0 Å². The Morgan fingerprint density at radius 2 is 2.08 bits per heavy atom. The van der Waals surface area contributed by atoms with Crippen LogP contribution in [0.25, 0.3) is 0 Å². The minimum atomic E-state index is -0.292. The molecule has 72 valence electrons. The Bertz CT molecular complexity index is 213. The molecule has 2 rings (SSSR count). The van der Waals surface area contributed by atoms with E-state index in [-0.39, 0.29) is 6.04 Å². The van der Waals surface area contributed by atoms with Gasteiger partial charge in [0.1, 0.15) is 6.04 Å². The lowest BCUT2D eigenvalue weighted by Gasteiger charge is -2.22. The van der Waals surface area contributed by atoms with Crippen molar-refractivity contribution in [2.45, 2.75) is 37.8 Å². The van der Waals surface area contributed by atoms with Gasteiger partial charge in [0.2, 0.25) is 0 Å². The molecule has 0 radical (unpaired) electrons. The van der Waals surface area contributed by atoms with Crippen LogP contribution in [0, 0.1) is 17.2 Å². The van der Waals surface area contributed by atoms with Crippen LogP contribution in [-0.4, -0.2) is 30.1 Å². The van der Waals surface area contributed by atoms with Gasteiger partial charge in [0.25, 0.3) is 0 Å². The van der Waals surface area contributed by atoms with Gasteiger partial charge in [-0.25, -0.2) is 0 Å². The molecule has 2 N–H and O–H groups in total. The maximum Gasteiger partial charge on any atom is 0.106 e. The fourth-order valence-electron chi connectivity index (χ4n) is 1.74. The molecule has 3 heteroatoms. The van der Waals surface area contributed by atoms with E-state index in [0.717, 1.165) is 18.5 Å². The SMILES string of the molecule is N#CC(N)CN(CC1CC1)C1CC1. The summed E-state index contributed by atoms with van der Waals surface area (Å²) in [5.74, 6) is 0.909. The quantitative estimate of drug-likeness (QED) is 0.676. The summed E-state index contributed by atoms with van der Waals surface area (Å²) in [4.78, 5) is 2.42. The third-order valence-electron chi connectivity index (χ3n) is 2.85. The Balaban J connectivity index is 1.78. The number of hydrogen-bond donors (Lipinski definition) is 1. The summed E-state index contributed by atoms with van der Waals surface area (Å²) in [6.45, 7) is 1.96. The van der Waals surface area contributed by atoms with Gasteiger partial charge in [0.05, 0.1) is 6.07 Å². The van der Waals surface area contributed by atoms with E-state index in [1.165, 1.54) is 32.2 Å². The van der Waals surface area contributed by atoms with Crippen LogP contribution >= 0.6 is 0 Å². The molecule has 2 fully saturated rings. The summed E-state index contributed by atoms with van der Waals surface area (Å²) in [5.41, 5.74) is 5.63. The molecule has 13 heavy (non-hydrogen) atoms. The van der Waals surface area contributed by atoms with E-state index >= 15 is 0 Å². The third kappa shape index (κ3) is 2.68. The van der Waals surface area contributed by atoms with Crippen molar-refractivity contribution in [3.05, 3.63) is 0 Å². The van der Waals surface area contributed by atoms with Crippen molar-refractivity contribution < 1.29 is 0 Å². The van der Waals surface area contributed by atoms with Gasteiger partial charge >= 0.3 is 0 Å². The maximum absolute atomic E-state index is 8.63. The highest BCUT2D eigenvalue weighted by atomic mass is 15.2. The first-order chi connectivity index (χ1) is 6.29. The zero-order valence-corrected chi connectivity index (χ0v) is 7.95. The van der Waals surface area contributed by atoms with Crippen LogP contribution in [-0.2, 0) is 0 Å². The van der Waals surface area contributed by atoms with Crippen LogP contribution in [0.2, 0.25) is 0 Å². The average molecular weight is 179 g/mol. The molecular weight excluding hydrogens is 162 g/mol. The van der Waals surface area contributed by atoms with Crippen LogP contribution in [0.4, 0.5) is 0 Å². The molecular formula is C10H17N3. The van der Waals surface area contributed by atoms with Crippen molar-refractivity contribution in [3.8, 4) is 6.07 Å². The van der Waals surface area contributed by atoms with E-state index in [0.29, 0.717) is 0 Å². The normalized spacial score (nSPS) is 24.4. The first-order valence-corrected chi connectivity index (χ1v) is 5.19. The highest BCUT2D eigenvalue weighted by Crippen LogP contribution is 2.34. The number of nitrogens with two attached hydrogens (primary N) is 1. The van der Waals surface area contributed by atoms with Crippen LogP contribution in [0.1, 0.15) is 25.7 Å². The first-order valence-electron chi connectivity index (χ1n) is 5.19. The Hall–Kier alpha value is -0.590. The predicted octanol–water partition coefficient (Wildman–Crippen LogP) is 0.712. The van der Waals surface area contributed by atoms with Gasteiger partial charge in [-0.15, -0.1) is 0 Å². The van der Waals surface area contributed by atoms with E-state index in [1.807, 2.05) is 0 Å². The van der Waals surface area contributed by atoms with E-state index < -0.39 is 0 Å². The predicted molar refractivity (Wildman–Crippen MR) is 50.9 cm³/mol. The smallest absolute Gasteiger partial charge is 0.106 e. The highest BCUT2D eigenvalue weighted by Gasteiger charge is 2.34. The van der Waals surface area contributed by atoms with E-state index in [9.17, 15) is 0 Å². The number of rotatable bonds is 5. The standard InChI is InChI=1S/C10H17N3/c11-5-9(12)7-13(10-3-4-10)6-8-1-2-8/h8-10H,1-4,6-7,12H2. The second-order valence-corrected chi connectivity index (χ2v) is 4.36. The molecule has 0 aliphatic heterocycles. The zero-order valence-electron chi connectivity index (χ0n) is 7.95. The van der Waals surface area contributed by atoms with E-state index in [1.54, 1.807) is 0 Å². The van der Waals surface area contributed by atoms with Gasteiger partial charge in [-0.3, -0.25) is 4.90 Å². The summed E-state index contributed by atoms with van der Waals surface area (Å²) < 4.78 is 0. The molecule has 2 aliphatic rings. The maximum atomic E-state index is 8.63. The van der Waals surface area contributed by atoms with Gasteiger partial charge in [0, 0.05) is 19.1 Å². The first kappa shape index (κ1) is 8.98. The Labute approximate surface area is 79.5 Å². The van der Waals surface area contributed by atoms with Crippen LogP contribution in [0.15, 0.2) is 0 Å². The average Bonchev–Trinajstić information content (AvgIpc) is 2.96. The lowest BCUT2D eigenvalue weighted by Crippen LogP contribution is -2.39.